The zero-order chi connectivity index (χ0) is 16.4. The van der Waals surface area contributed by atoms with E-state index in [0.717, 1.165) is 0 Å². The number of carbonyl (C=O) groups is 1. The average Bonchev–Trinajstić information content (AvgIpc) is 2.47. The first-order valence-corrected chi connectivity index (χ1v) is 6.48. The lowest BCUT2D eigenvalue weighted by molar-refractivity contribution is -0.348. The van der Waals surface area contributed by atoms with Gasteiger partial charge >= 0.3 is 5.97 Å². The molecule has 0 radical (unpaired) electrons. The molecule has 0 aromatic heterocycles. The molecule has 10 heteroatoms. The third-order valence-corrected chi connectivity index (χ3v) is 3.48. The van der Waals surface area contributed by atoms with E-state index in [4.69, 9.17) is 11.5 Å². The van der Waals surface area contributed by atoms with Crippen LogP contribution in [-0.2, 0) is 9.53 Å². The molecule has 10 N–H and O–H groups in total. The van der Waals surface area contributed by atoms with Crippen LogP contribution in [0.2, 0.25) is 0 Å². The number of nitrogens with two attached hydrogens (primary N) is 2. The standard InChI is InChI=1S/C11H22N2O8/c12-3-1-2-4(13)10(19)21-11(20)8(17)6(15)5(14)7(16)9(11)18/h4-9,14-18,20H,1-3,12-13H2/t4-,5?,6-,7+,8-,9-,11?/m1/s1. The fraction of sp³-hybridized carbons (Fsp3) is 0.909. The summed E-state index contributed by atoms with van der Waals surface area (Å²) in [5.41, 5.74) is 10.7. The topological polar surface area (TPSA) is 200 Å². The number of carbonyl (C=O) groups excluding carboxylic acids is 1. The molecule has 7 atom stereocenters. The van der Waals surface area contributed by atoms with Gasteiger partial charge in [-0.1, -0.05) is 0 Å². The molecule has 1 aliphatic rings. The Balaban J connectivity index is 2.85. The van der Waals surface area contributed by atoms with Crippen molar-refractivity contribution in [3.63, 3.8) is 0 Å². The van der Waals surface area contributed by atoms with E-state index in [1.165, 1.54) is 0 Å². The largest absolute Gasteiger partial charge is 0.426 e. The fourth-order valence-corrected chi connectivity index (χ4v) is 2.05. The fourth-order valence-electron chi connectivity index (χ4n) is 2.05. The van der Waals surface area contributed by atoms with Gasteiger partial charge in [0.25, 0.3) is 5.79 Å². The molecule has 1 fully saturated rings. The van der Waals surface area contributed by atoms with E-state index >= 15 is 0 Å². The van der Waals surface area contributed by atoms with Gasteiger partial charge in [-0.15, -0.1) is 0 Å². The molecule has 0 aromatic rings. The van der Waals surface area contributed by atoms with Crippen LogP contribution >= 0.6 is 0 Å². The highest BCUT2D eigenvalue weighted by molar-refractivity contribution is 5.75. The third-order valence-electron chi connectivity index (χ3n) is 3.48. The highest BCUT2D eigenvalue weighted by Crippen LogP contribution is 2.31. The summed E-state index contributed by atoms with van der Waals surface area (Å²) >= 11 is 0. The first kappa shape index (κ1) is 18.2. The number of aliphatic hydroxyl groups is 6. The summed E-state index contributed by atoms with van der Waals surface area (Å²) in [6.45, 7) is 0.278. The monoisotopic (exact) mass is 310 g/mol. The number of hydrogen-bond donors (Lipinski definition) is 8. The number of rotatable bonds is 5. The molecule has 0 spiro atoms. The first-order valence-electron chi connectivity index (χ1n) is 6.48. The summed E-state index contributed by atoms with van der Waals surface area (Å²) in [6.07, 6.45) is -9.87. The van der Waals surface area contributed by atoms with Crippen LogP contribution in [0.5, 0.6) is 0 Å². The van der Waals surface area contributed by atoms with Gasteiger partial charge in [0.2, 0.25) is 0 Å². The maximum absolute atomic E-state index is 11.7. The van der Waals surface area contributed by atoms with E-state index in [9.17, 15) is 35.4 Å². The predicted molar refractivity (Wildman–Crippen MR) is 67.3 cm³/mol. The normalized spacial score (nSPS) is 41.6. The Morgan fingerprint density at radius 2 is 1.57 bits per heavy atom. The Kier molecular flexibility index (Phi) is 6.01. The minimum absolute atomic E-state index is 0.144. The van der Waals surface area contributed by atoms with Crippen LogP contribution < -0.4 is 11.5 Å². The number of esters is 1. The van der Waals surface area contributed by atoms with Gasteiger partial charge < -0.3 is 46.8 Å². The average molecular weight is 310 g/mol. The summed E-state index contributed by atoms with van der Waals surface area (Å²) in [5.74, 6) is -4.14. The molecule has 21 heavy (non-hydrogen) atoms. The number of ether oxygens (including phenoxy) is 1. The SMILES string of the molecule is NCCC[C@@H](N)C(=O)OC1(O)[C@H](O)[C@H](O)C(O)[C@H](O)[C@H]1O. The van der Waals surface area contributed by atoms with Gasteiger partial charge in [0, 0.05) is 0 Å². The number of aliphatic hydroxyl groups excluding tert-OH is 5. The van der Waals surface area contributed by atoms with Crippen molar-refractivity contribution in [3.05, 3.63) is 0 Å². The molecule has 124 valence electrons. The third kappa shape index (κ3) is 3.49. The van der Waals surface area contributed by atoms with Crippen molar-refractivity contribution >= 4 is 5.97 Å². The van der Waals surface area contributed by atoms with Crippen molar-refractivity contribution in [2.75, 3.05) is 6.54 Å². The summed E-state index contributed by atoms with van der Waals surface area (Å²) in [7, 11) is 0. The second kappa shape index (κ2) is 6.94. The maximum Gasteiger partial charge on any atom is 0.325 e. The molecule has 1 rings (SSSR count). The highest BCUT2D eigenvalue weighted by Gasteiger charge is 2.60. The van der Waals surface area contributed by atoms with Gasteiger partial charge in [-0.2, -0.15) is 0 Å². The van der Waals surface area contributed by atoms with Crippen LogP contribution in [0.15, 0.2) is 0 Å². The van der Waals surface area contributed by atoms with E-state index < -0.39 is 48.3 Å². The summed E-state index contributed by atoms with van der Waals surface area (Å²) in [4.78, 5) is 11.7. The molecule has 0 saturated heterocycles. The zero-order valence-corrected chi connectivity index (χ0v) is 11.2. The smallest absolute Gasteiger partial charge is 0.325 e. The molecule has 1 aliphatic carbocycles. The van der Waals surface area contributed by atoms with E-state index in [2.05, 4.69) is 4.74 Å². The Morgan fingerprint density at radius 1 is 1.10 bits per heavy atom. The minimum Gasteiger partial charge on any atom is -0.426 e. The van der Waals surface area contributed by atoms with E-state index in [-0.39, 0.29) is 13.0 Å². The predicted octanol–water partition coefficient (Wildman–Crippen LogP) is -4.90. The Hall–Kier alpha value is -0.850. The minimum atomic E-state index is -2.99. The van der Waals surface area contributed by atoms with Crippen molar-refractivity contribution in [2.45, 2.75) is 55.2 Å². The van der Waals surface area contributed by atoms with E-state index in [1.807, 2.05) is 0 Å². The van der Waals surface area contributed by atoms with Gasteiger partial charge in [0.05, 0.1) is 0 Å². The van der Waals surface area contributed by atoms with Crippen molar-refractivity contribution < 1.29 is 40.2 Å². The van der Waals surface area contributed by atoms with Crippen LogP contribution in [0.1, 0.15) is 12.8 Å². The molecule has 1 saturated carbocycles. The van der Waals surface area contributed by atoms with Crippen LogP contribution in [0.3, 0.4) is 0 Å². The second-order valence-corrected chi connectivity index (χ2v) is 5.07. The van der Waals surface area contributed by atoms with Gasteiger partial charge in [0.15, 0.2) is 12.2 Å². The lowest BCUT2D eigenvalue weighted by atomic mass is 9.82. The summed E-state index contributed by atoms with van der Waals surface area (Å²) in [6, 6.07) is -1.17. The molecule has 0 bridgehead atoms. The lowest BCUT2D eigenvalue weighted by Gasteiger charge is -2.46. The van der Waals surface area contributed by atoms with Crippen molar-refractivity contribution in [2.24, 2.45) is 11.5 Å². The summed E-state index contributed by atoms with van der Waals surface area (Å²) in [5, 5.41) is 57.8. The molecular formula is C11H22N2O8. The Morgan fingerprint density at radius 3 is 2.00 bits per heavy atom. The molecular weight excluding hydrogens is 288 g/mol. The van der Waals surface area contributed by atoms with Gasteiger partial charge in [0.1, 0.15) is 24.4 Å². The second-order valence-electron chi connectivity index (χ2n) is 5.07. The van der Waals surface area contributed by atoms with Crippen LogP contribution in [0, 0.1) is 0 Å². The van der Waals surface area contributed by atoms with Gasteiger partial charge in [-0.3, -0.25) is 4.79 Å². The van der Waals surface area contributed by atoms with Crippen molar-refractivity contribution in [3.8, 4) is 0 Å². The van der Waals surface area contributed by atoms with E-state index in [1.54, 1.807) is 0 Å². The molecule has 0 heterocycles. The Labute approximate surface area is 120 Å². The molecule has 0 aliphatic heterocycles. The van der Waals surface area contributed by atoms with E-state index in [0.29, 0.717) is 6.42 Å². The first-order chi connectivity index (χ1) is 9.66. The van der Waals surface area contributed by atoms with Gasteiger partial charge in [-0.25, -0.2) is 0 Å². The highest BCUT2D eigenvalue weighted by atomic mass is 16.7. The van der Waals surface area contributed by atoms with Crippen LogP contribution in [0.4, 0.5) is 0 Å². The molecule has 0 aromatic carbocycles. The maximum atomic E-state index is 11.7. The zero-order valence-electron chi connectivity index (χ0n) is 11.2. The summed E-state index contributed by atoms with van der Waals surface area (Å²) < 4.78 is 4.57. The van der Waals surface area contributed by atoms with Crippen LogP contribution in [0.25, 0.3) is 0 Å². The van der Waals surface area contributed by atoms with Crippen molar-refractivity contribution in [1.29, 1.82) is 0 Å². The molecule has 0 amide bonds. The molecule has 2 unspecified atom stereocenters. The molecule has 10 nitrogen and oxygen atoms in total. The quantitative estimate of drug-likeness (QED) is 0.180. The lowest BCUT2D eigenvalue weighted by Crippen LogP contribution is -2.72. The van der Waals surface area contributed by atoms with Crippen molar-refractivity contribution in [1.82, 2.24) is 0 Å². The van der Waals surface area contributed by atoms with Crippen LogP contribution in [-0.4, -0.2) is 85.5 Å². The Bertz CT molecular complexity index is 352. The number of hydrogen-bond acceptors (Lipinski definition) is 10. The van der Waals surface area contributed by atoms with Gasteiger partial charge in [-0.05, 0) is 19.4 Å².